The number of hydrogen-bond acceptors (Lipinski definition) is 2. The van der Waals surface area contributed by atoms with Crippen molar-refractivity contribution in [3.8, 4) is 0 Å². The van der Waals surface area contributed by atoms with Gasteiger partial charge in [0.1, 0.15) is 0 Å². The predicted molar refractivity (Wildman–Crippen MR) is 41.7 cm³/mol. The summed E-state index contributed by atoms with van der Waals surface area (Å²) in [4.78, 5) is 2.19. The maximum Gasteiger partial charge on any atom is 0.0356 e. The van der Waals surface area contributed by atoms with Gasteiger partial charge in [0.2, 0.25) is 0 Å². The van der Waals surface area contributed by atoms with Crippen molar-refractivity contribution in [2.75, 3.05) is 27.2 Å². The van der Waals surface area contributed by atoms with Gasteiger partial charge in [0.15, 0.2) is 0 Å². The molecule has 3 heteroatoms. The summed E-state index contributed by atoms with van der Waals surface area (Å²) in [6.07, 6.45) is 2.51. The largest absolute Gasteiger partial charge is 0.308 e. The van der Waals surface area contributed by atoms with Crippen LogP contribution in [0.1, 0.15) is 12.8 Å². The van der Waals surface area contributed by atoms with Crippen molar-refractivity contribution in [2.24, 2.45) is 0 Å². The average Bonchev–Trinajstić information content (AvgIpc) is 1.88. The molecule has 0 amide bonds. The molecule has 0 aromatic carbocycles. The topological polar surface area (TPSA) is 29.4 Å². The summed E-state index contributed by atoms with van der Waals surface area (Å²) in [6.45, 7) is 2.09. The van der Waals surface area contributed by atoms with Crippen LogP contribution in [0.5, 0.6) is 0 Å². The van der Waals surface area contributed by atoms with Gasteiger partial charge in [-0.15, -0.1) is 0 Å². The Labute approximate surface area is 62.8 Å². The fraction of sp³-hybridized carbons (Fsp3) is 1.00. The first-order valence-corrected chi connectivity index (χ1v) is 3.86. The number of rotatable bonds is 2. The fourth-order valence-corrected chi connectivity index (χ4v) is 1.25. The standard InChI is InChI=1S/C7H16N3/c1-10(2)6-7-4-3-5-8-9-7/h7,9H,3-6H2,1-2H3. The zero-order valence-electron chi connectivity index (χ0n) is 6.80. The number of nitrogens with zero attached hydrogens (tertiary/aromatic N) is 2. The lowest BCUT2D eigenvalue weighted by atomic mass is 10.1. The van der Waals surface area contributed by atoms with Crippen LogP contribution in [0.2, 0.25) is 0 Å². The van der Waals surface area contributed by atoms with Gasteiger partial charge in [-0.3, -0.25) is 0 Å². The normalized spacial score (nSPS) is 27.3. The fourth-order valence-electron chi connectivity index (χ4n) is 1.25. The zero-order chi connectivity index (χ0) is 7.40. The maximum absolute atomic E-state index is 4.13. The van der Waals surface area contributed by atoms with Crippen molar-refractivity contribution >= 4 is 0 Å². The Morgan fingerprint density at radius 3 is 2.90 bits per heavy atom. The van der Waals surface area contributed by atoms with E-state index >= 15 is 0 Å². The molecule has 1 heterocycles. The Kier molecular flexibility index (Phi) is 3.12. The summed E-state index contributed by atoms with van der Waals surface area (Å²) in [5.74, 6) is 0. The molecule has 1 N–H and O–H groups in total. The molecule has 59 valence electrons. The van der Waals surface area contributed by atoms with Crippen molar-refractivity contribution in [3.63, 3.8) is 0 Å². The third kappa shape index (κ3) is 2.64. The predicted octanol–water partition coefficient (Wildman–Crippen LogP) is -0.181. The van der Waals surface area contributed by atoms with Crippen molar-refractivity contribution < 1.29 is 0 Å². The lowest BCUT2D eigenvalue weighted by Crippen LogP contribution is -2.46. The van der Waals surface area contributed by atoms with Crippen LogP contribution < -0.4 is 10.9 Å². The molecule has 0 aromatic rings. The van der Waals surface area contributed by atoms with Crippen molar-refractivity contribution in [3.05, 3.63) is 0 Å². The van der Waals surface area contributed by atoms with Crippen LogP contribution in [0.4, 0.5) is 0 Å². The van der Waals surface area contributed by atoms with Gasteiger partial charge in [0, 0.05) is 19.1 Å². The van der Waals surface area contributed by atoms with Gasteiger partial charge in [-0.25, -0.2) is 5.43 Å². The average molecular weight is 142 g/mol. The van der Waals surface area contributed by atoms with Gasteiger partial charge in [0.05, 0.1) is 0 Å². The summed E-state index contributed by atoms with van der Waals surface area (Å²) >= 11 is 0. The molecule has 0 aliphatic carbocycles. The van der Waals surface area contributed by atoms with Gasteiger partial charge >= 0.3 is 0 Å². The minimum absolute atomic E-state index is 0.587. The van der Waals surface area contributed by atoms with Gasteiger partial charge in [-0.2, -0.15) is 5.43 Å². The van der Waals surface area contributed by atoms with E-state index in [1.54, 1.807) is 0 Å². The summed E-state index contributed by atoms with van der Waals surface area (Å²) in [6, 6.07) is 0.587. The molecular weight excluding hydrogens is 126 g/mol. The first-order valence-electron chi connectivity index (χ1n) is 3.86. The third-order valence-corrected chi connectivity index (χ3v) is 1.68. The molecule has 1 aliphatic rings. The first kappa shape index (κ1) is 7.98. The minimum Gasteiger partial charge on any atom is -0.308 e. The highest BCUT2D eigenvalue weighted by atomic mass is 15.4. The smallest absolute Gasteiger partial charge is 0.0356 e. The Balaban J connectivity index is 2.13. The Morgan fingerprint density at radius 1 is 1.60 bits per heavy atom. The molecular formula is C7H16N3. The lowest BCUT2D eigenvalue weighted by Gasteiger charge is -2.25. The van der Waals surface area contributed by atoms with E-state index in [0.29, 0.717) is 6.04 Å². The number of nitrogens with one attached hydrogen (secondary N) is 1. The highest BCUT2D eigenvalue weighted by Crippen LogP contribution is 2.01. The maximum atomic E-state index is 4.13. The van der Waals surface area contributed by atoms with Crippen LogP contribution in [0.3, 0.4) is 0 Å². The second-order valence-corrected chi connectivity index (χ2v) is 3.11. The molecule has 10 heavy (non-hydrogen) atoms. The van der Waals surface area contributed by atoms with Gasteiger partial charge < -0.3 is 4.90 Å². The van der Waals surface area contributed by atoms with E-state index in [-0.39, 0.29) is 0 Å². The molecule has 0 aromatic heterocycles. The van der Waals surface area contributed by atoms with Crippen LogP contribution in [0.25, 0.3) is 0 Å². The van der Waals surface area contributed by atoms with E-state index in [9.17, 15) is 0 Å². The summed E-state index contributed by atoms with van der Waals surface area (Å²) < 4.78 is 0. The summed E-state index contributed by atoms with van der Waals surface area (Å²) in [7, 11) is 4.19. The van der Waals surface area contributed by atoms with E-state index in [1.165, 1.54) is 12.8 Å². The molecule has 0 spiro atoms. The van der Waals surface area contributed by atoms with Crippen LogP contribution in [0.15, 0.2) is 0 Å². The Morgan fingerprint density at radius 2 is 2.40 bits per heavy atom. The van der Waals surface area contributed by atoms with Crippen LogP contribution in [0, 0.1) is 0 Å². The summed E-state index contributed by atoms with van der Waals surface area (Å²) in [5, 5.41) is 0. The molecule has 1 aliphatic heterocycles. The molecule has 3 nitrogen and oxygen atoms in total. The van der Waals surface area contributed by atoms with Gasteiger partial charge in [-0.05, 0) is 26.9 Å². The Bertz CT molecular complexity index is 86.9. The number of hydrogen-bond donors (Lipinski definition) is 1. The van der Waals surface area contributed by atoms with E-state index < -0.39 is 0 Å². The molecule has 0 saturated carbocycles. The second kappa shape index (κ2) is 3.91. The molecule has 1 fully saturated rings. The number of likely N-dealkylation sites (N-methyl/N-ethyl adjacent to an activating group) is 1. The highest BCUT2D eigenvalue weighted by Gasteiger charge is 2.12. The molecule has 1 unspecified atom stereocenters. The quantitative estimate of drug-likeness (QED) is 0.579. The molecule has 1 saturated heterocycles. The molecule has 1 rings (SSSR count). The summed E-state index contributed by atoms with van der Waals surface area (Å²) in [5.41, 5.74) is 7.27. The van der Waals surface area contributed by atoms with E-state index in [1.807, 2.05) is 0 Å². The van der Waals surface area contributed by atoms with Crippen molar-refractivity contribution in [2.45, 2.75) is 18.9 Å². The van der Waals surface area contributed by atoms with E-state index in [4.69, 9.17) is 0 Å². The SMILES string of the molecule is CN(C)CC1CCC[N]N1. The molecule has 1 radical (unpaired) electrons. The van der Waals surface area contributed by atoms with Crippen molar-refractivity contribution in [1.82, 2.24) is 15.8 Å². The second-order valence-electron chi connectivity index (χ2n) is 3.11. The minimum atomic E-state index is 0.587. The third-order valence-electron chi connectivity index (χ3n) is 1.68. The van der Waals surface area contributed by atoms with E-state index in [2.05, 4.69) is 29.8 Å². The van der Waals surface area contributed by atoms with Crippen molar-refractivity contribution in [1.29, 1.82) is 0 Å². The molecule has 0 bridgehead atoms. The monoisotopic (exact) mass is 142 g/mol. The van der Waals surface area contributed by atoms with Gasteiger partial charge in [-0.1, -0.05) is 0 Å². The van der Waals surface area contributed by atoms with Gasteiger partial charge in [0.25, 0.3) is 0 Å². The van der Waals surface area contributed by atoms with Crippen LogP contribution in [-0.4, -0.2) is 38.1 Å². The zero-order valence-corrected chi connectivity index (χ0v) is 6.80. The molecule has 1 atom stereocenters. The Hall–Kier alpha value is -0.120. The highest BCUT2D eigenvalue weighted by molar-refractivity contribution is 4.71. The van der Waals surface area contributed by atoms with Crippen LogP contribution >= 0.6 is 0 Å². The van der Waals surface area contributed by atoms with E-state index in [0.717, 1.165) is 13.1 Å². The van der Waals surface area contributed by atoms with Crippen LogP contribution in [-0.2, 0) is 0 Å². The first-order chi connectivity index (χ1) is 4.79. The lowest BCUT2D eigenvalue weighted by molar-refractivity contribution is 0.265.